The van der Waals surface area contributed by atoms with E-state index < -0.39 is 0 Å². The average molecular weight is 195 g/mol. The topological polar surface area (TPSA) is 12.0 Å². The van der Waals surface area contributed by atoms with Crippen LogP contribution in [0.5, 0.6) is 0 Å². The van der Waals surface area contributed by atoms with Gasteiger partial charge >= 0.3 is 0 Å². The molecule has 1 aromatic rings. The maximum absolute atomic E-state index is 4.08. The van der Waals surface area contributed by atoms with Gasteiger partial charge in [0.25, 0.3) is 0 Å². The highest BCUT2D eigenvalue weighted by Gasteiger charge is 1.93. The zero-order valence-corrected chi connectivity index (χ0v) is 8.76. The Hall–Kier alpha value is -0.470. The molecule has 1 nitrogen and oxygen atoms in total. The summed E-state index contributed by atoms with van der Waals surface area (Å²) < 4.78 is 0. The lowest BCUT2D eigenvalue weighted by atomic mass is 10.2. The van der Waals surface area contributed by atoms with E-state index in [0.717, 1.165) is 4.90 Å². The summed E-state index contributed by atoms with van der Waals surface area (Å²) >= 11 is 4.08. The van der Waals surface area contributed by atoms with Crippen LogP contribution in [0.15, 0.2) is 35.2 Å². The molecule has 0 unspecified atom stereocenters. The van der Waals surface area contributed by atoms with Crippen molar-refractivity contribution in [2.45, 2.75) is 24.2 Å². The van der Waals surface area contributed by atoms with E-state index in [1.54, 1.807) is 0 Å². The van der Waals surface area contributed by atoms with Crippen LogP contribution in [-0.2, 0) is 0 Å². The molecule has 0 atom stereocenters. The van der Waals surface area contributed by atoms with Crippen molar-refractivity contribution < 1.29 is 0 Å². The van der Waals surface area contributed by atoms with Gasteiger partial charge in [0, 0.05) is 4.90 Å². The lowest BCUT2D eigenvalue weighted by molar-refractivity contribution is 0.520. The Bertz CT molecular complexity index is 195. The summed E-state index contributed by atoms with van der Waals surface area (Å²) in [6.07, 6.45) is 4.22. The fourth-order valence-corrected chi connectivity index (χ4v) is 1.40. The summed E-state index contributed by atoms with van der Waals surface area (Å²) in [6, 6.07) is 9.79. The van der Waals surface area contributed by atoms with E-state index in [0.29, 0.717) is 0 Å². The molecule has 1 aliphatic heterocycles. The van der Waals surface area contributed by atoms with Crippen LogP contribution in [0.1, 0.15) is 19.3 Å². The molecule has 1 fully saturated rings. The molecule has 72 valence electrons. The number of thiol groups is 1. The number of rotatable bonds is 0. The van der Waals surface area contributed by atoms with Gasteiger partial charge < -0.3 is 5.32 Å². The second kappa shape index (κ2) is 6.98. The van der Waals surface area contributed by atoms with Crippen LogP contribution in [0.4, 0.5) is 0 Å². The smallest absolute Gasteiger partial charge is 0.00399 e. The van der Waals surface area contributed by atoms with Gasteiger partial charge in [-0.2, -0.15) is 0 Å². The molecule has 1 aromatic carbocycles. The summed E-state index contributed by atoms with van der Waals surface area (Å²) in [4.78, 5) is 1.02. The molecule has 0 saturated carbocycles. The maximum atomic E-state index is 4.08. The minimum atomic E-state index is 1.02. The Morgan fingerprint density at radius 2 is 1.54 bits per heavy atom. The SMILES string of the molecule is C1CCNCC1.Sc1ccccc1. The first-order valence-corrected chi connectivity index (χ1v) is 5.29. The molecule has 2 rings (SSSR count). The molecule has 0 bridgehead atoms. The van der Waals surface area contributed by atoms with Crippen molar-refractivity contribution in [3.05, 3.63) is 30.3 Å². The molecule has 1 heterocycles. The van der Waals surface area contributed by atoms with E-state index in [1.807, 2.05) is 30.3 Å². The van der Waals surface area contributed by atoms with Crippen molar-refractivity contribution in [2.75, 3.05) is 13.1 Å². The van der Waals surface area contributed by atoms with Gasteiger partial charge in [0.05, 0.1) is 0 Å². The molecule has 13 heavy (non-hydrogen) atoms. The highest BCUT2D eigenvalue weighted by atomic mass is 32.1. The van der Waals surface area contributed by atoms with Gasteiger partial charge in [-0.25, -0.2) is 0 Å². The third-order valence-corrected chi connectivity index (χ3v) is 2.26. The first-order valence-electron chi connectivity index (χ1n) is 4.84. The van der Waals surface area contributed by atoms with Gasteiger partial charge in [0.2, 0.25) is 0 Å². The predicted molar refractivity (Wildman–Crippen MR) is 60.4 cm³/mol. The highest BCUT2D eigenvalue weighted by Crippen LogP contribution is 2.00. The van der Waals surface area contributed by atoms with Gasteiger partial charge in [0.15, 0.2) is 0 Å². The molecule has 2 heteroatoms. The van der Waals surface area contributed by atoms with Crippen molar-refractivity contribution in [3.63, 3.8) is 0 Å². The summed E-state index contributed by atoms with van der Waals surface area (Å²) in [6.45, 7) is 2.50. The first kappa shape index (κ1) is 10.6. The Labute approximate surface area is 86.0 Å². The molecule has 1 saturated heterocycles. The van der Waals surface area contributed by atoms with Crippen LogP contribution in [0.25, 0.3) is 0 Å². The minimum absolute atomic E-state index is 1.02. The van der Waals surface area contributed by atoms with Crippen molar-refractivity contribution in [1.29, 1.82) is 0 Å². The van der Waals surface area contributed by atoms with Crippen molar-refractivity contribution in [1.82, 2.24) is 5.32 Å². The van der Waals surface area contributed by atoms with Gasteiger partial charge in [-0.05, 0) is 38.1 Å². The average Bonchev–Trinajstić information content (AvgIpc) is 2.22. The fourth-order valence-electron chi connectivity index (χ4n) is 1.23. The highest BCUT2D eigenvalue weighted by molar-refractivity contribution is 7.80. The molecule has 0 amide bonds. The van der Waals surface area contributed by atoms with Crippen LogP contribution >= 0.6 is 12.6 Å². The normalized spacial score (nSPS) is 15.8. The molecule has 1 N–H and O–H groups in total. The number of piperidine rings is 1. The van der Waals surface area contributed by atoms with E-state index in [9.17, 15) is 0 Å². The molecular weight excluding hydrogens is 178 g/mol. The third-order valence-electron chi connectivity index (χ3n) is 1.96. The van der Waals surface area contributed by atoms with Crippen LogP contribution < -0.4 is 5.32 Å². The van der Waals surface area contributed by atoms with Crippen LogP contribution in [0.3, 0.4) is 0 Å². The number of hydrogen-bond donors (Lipinski definition) is 2. The van der Waals surface area contributed by atoms with E-state index in [4.69, 9.17) is 0 Å². The van der Waals surface area contributed by atoms with Crippen molar-refractivity contribution >= 4 is 12.6 Å². The standard InChI is InChI=1S/C6H6S.C5H11N/c7-6-4-2-1-3-5-6;1-2-4-6-5-3-1/h1-5,7H;6H,1-5H2. The number of hydrogen-bond acceptors (Lipinski definition) is 2. The van der Waals surface area contributed by atoms with E-state index in [1.165, 1.54) is 32.4 Å². The van der Waals surface area contributed by atoms with E-state index in [-0.39, 0.29) is 0 Å². The Morgan fingerprint density at radius 1 is 0.923 bits per heavy atom. The molecule has 0 radical (unpaired) electrons. The van der Waals surface area contributed by atoms with Gasteiger partial charge in [0.1, 0.15) is 0 Å². The predicted octanol–water partition coefficient (Wildman–Crippen LogP) is 2.74. The molecule has 0 spiro atoms. The summed E-state index contributed by atoms with van der Waals surface area (Å²) in [7, 11) is 0. The lowest BCUT2D eigenvalue weighted by Gasteiger charge is -2.08. The monoisotopic (exact) mass is 195 g/mol. The Morgan fingerprint density at radius 3 is 1.77 bits per heavy atom. The van der Waals surface area contributed by atoms with E-state index >= 15 is 0 Å². The second-order valence-corrected chi connectivity index (χ2v) is 3.66. The molecule has 1 aliphatic rings. The number of nitrogens with one attached hydrogen (secondary N) is 1. The van der Waals surface area contributed by atoms with Crippen LogP contribution in [0, 0.1) is 0 Å². The lowest BCUT2D eigenvalue weighted by Crippen LogP contribution is -2.21. The van der Waals surface area contributed by atoms with Gasteiger partial charge in [-0.1, -0.05) is 24.6 Å². The molecular formula is C11H17NS. The Kier molecular flexibility index (Phi) is 5.70. The quantitative estimate of drug-likeness (QED) is 0.607. The first-order chi connectivity index (χ1) is 6.39. The van der Waals surface area contributed by atoms with Crippen LogP contribution in [-0.4, -0.2) is 13.1 Å². The van der Waals surface area contributed by atoms with Crippen LogP contribution in [0.2, 0.25) is 0 Å². The minimum Gasteiger partial charge on any atom is -0.317 e. The Balaban J connectivity index is 0.000000132. The van der Waals surface area contributed by atoms with Crippen molar-refractivity contribution in [2.24, 2.45) is 0 Å². The fraction of sp³-hybridized carbons (Fsp3) is 0.455. The second-order valence-electron chi connectivity index (χ2n) is 3.15. The number of benzene rings is 1. The van der Waals surface area contributed by atoms with E-state index in [2.05, 4.69) is 17.9 Å². The maximum Gasteiger partial charge on any atom is 0.00399 e. The third kappa shape index (κ3) is 5.72. The molecule has 0 aliphatic carbocycles. The van der Waals surface area contributed by atoms with Crippen molar-refractivity contribution in [3.8, 4) is 0 Å². The summed E-state index contributed by atoms with van der Waals surface area (Å²) in [5.41, 5.74) is 0. The zero-order valence-electron chi connectivity index (χ0n) is 7.87. The van der Waals surface area contributed by atoms with Gasteiger partial charge in [-0.3, -0.25) is 0 Å². The van der Waals surface area contributed by atoms with Gasteiger partial charge in [-0.15, -0.1) is 12.6 Å². The summed E-state index contributed by atoms with van der Waals surface area (Å²) in [5.74, 6) is 0. The zero-order chi connectivity index (χ0) is 9.36. The molecule has 0 aromatic heterocycles. The largest absolute Gasteiger partial charge is 0.317 e. The summed E-state index contributed by atoms with van der Waals surface area (Å²) in [5, 5.41) is 3.28.